The topological polar surface area (TPSA) is 83.4 Å². The lowest BCUT2D eigenvalue weighted by molar-refractivity contribution is 0.356. The van der Waals surface area contributed by atoms with Crippen molar-refractivity contribution in [3.63, 3.8) is 0 Å². The molecule has 8 heteroatoms. The summed E-state index contributed by atoms with van der Waals surface area (Å²) in [4.78, 5) is 15.0. The third kappa shape index (κ3) is 3.79. The van der Waals surface area contributed by atoms with E-state index in [1.165, 1.54) is 24.5 Å². The van der Waals surface area contributed by atoms with E-state index in [0.717, 1.165) is 21.3 Å². The summed E-state index contributed by atoms with van der Waals surface area (Å²) in [7, 11) is -4.24. The van der Waals surface area contributed by atoms with Gasteiger partial charge in [-0.3, -0.25) is 4.79 Å². The molecule has 154 valence electrons. The first kappa shape index (κ1) is 20.1. The molecule has 30 heavy (non-hydrogen) atoms. The number of nitrogens with one attached hydrogen (secondary N) is 1. The van der Waals surface area contributed by atoms with Gasteiger partial charge < -0.3 is 9.40 Å². The van der Waals surface area contributed by atoms with Crippen molar-refractivity contribution in [2.24, 2.45) is 0 Å². The first-order valence-corrected chi connectivity index (χ1v) is 10.7. The van der Waals surface area contributed by atoms with Gasteiger partial charge in [-0.05, 0) is 48.2 Å². The van der Waals surface area contributed by atoms with Gasteiger partial charge in [-0.25, -0.2) is 12.8 Å². The standard InChI is InChI=1S/C22H19FN2O4S/c1-15-6-4-7-16-12-17(22(26)24-21(15)16)13-25(14-18-8-5-11-29-18)30(27,28)20-10-3-2-9-19(20)23/h2-12H,13-14H2,1H3,(H,24,26). The fourth-order valence-corrected chi connectivity index (χ4v) is 4.78. The highest BCUT2D eigenvalue weighted by Crippen LogP contribution is 2.24. The molecule has 0 saturated heterocycles. The fraction of sp³-hybridized carbons (Fsp3) is 0.136. The van der Waals surface area contributed by atoms with Crippen LogP contribution in [-0.2, 0) is 23.1 Å². The van der Waals surface area contributed by atoms with Crippen molar-refractivity contribution >= 4 is 20.9 Å². The fourth-order valence-electron chi connectivity index (χ4n) is 3.33. The molecule has 4 rings (SSSR count). The zero-order valence-electron chi connectivity index (χ0n) is 16.1. The molecule has 0 saturated carbocycles. The van der Waals surface area contributed by atoms with Crippen molar-refractivity contribution in [2.45, 2.75) is 24.9 Å². The molecule has 6 nitrogen and oxygen atoms in total. The van der Waals surface area contributed by atoms with E-state index in [-0.39, 0.29) is 18.7 Å². The molecule has 0 aliphatic heterocycles. The predicted octanol–water partition coefficient (Wildman–Crippen LogP) is 3.96. The Morgan fingerprint density at radius 3 is 2.57 bits per heavy atom. The highest BCUT2D eigenvalue weighted by Gasteiger charge is 2.29. The van der Waals surface area contributed by atoms with Gasteiger partial charge in [-0.2, -0.15) is 4.31 Å². The normalized spacial score (nSPS) is 12.0. The highest BCUT2D eigenvalue weighted by molar-refractivity contribution is 7.89. The number of fused-ring (bicyclic) bond motifs is 1. The van der Waals surface area contributed by atoms with Gasteiger partial charge in [-0.1, -0.05) is 30.3 Å². The molecular weight excluding hydrogens is 407 g/mol. The maximum absolute atomic E-state index is 14.3. The lowest BCUT2D eigenvalue weighted by Gasteiger charge is -2.21. The quantitative estimate of drug-likeness (QED) is 0.506. The summed E-state index contributed by atoms with van der Waals surface area (Å²) in [5.41, 5.74) is 1.45. The minimum absolute atomic E-state index is 0.144. The summed E-state index contributed by atoms with van der Waals surface area (Å²) in [6.45, 7) is 1.50. The summed E-state index contributed by atoms with van der Waals surface area (Å²) in [5.74, 6) is -0.479. The molecule has 0 aliphatic rings. The molecule has 2 aromatic carbocycles. The Balaban J connectivity index is 1.80. The Bertz CT molecular complexity index is 1360. The number of para-hydroxylation sites is 1. The van der Waals surface area contributed by atoms with Crippen LogP contribution in [0, 0.1) is 12.7 Å². The van der Waals surface area contributed by atoms with Crippen LogP contribution in [0.15, 0.2) is 81.0 Å². The number of aromatic nitrogens is 1. The van der Waals surface area contributed by atoms with Gasteiger partial charge in [0.15, 0.2) is 0 Å². The van der Waals surface area contributed by atoms with Gasteiger partial charge in [0.2, 0.25) is 10.0 Å². The van der Waals surface area contributed by atoms with E-state index in [2.05, 4.69) is 4.98 Å². The van der Waals surface area contributed by atoms with Crippen LogP contribution in [0.1, 0.15) is 16.9 Å². The predicted molar refractivity (Wildman–Crippen MR) is 111 cm³/mol. The molecular formula is C22H19FN2O4S. The van der Waals surface area contributed by atoms with Crippen molar-refractivity contribution in [2.75, 3.05) is 0 Å². The van der Waals surface area contributed by atoms with E-state index in [9.17, 15) is 17.6 Å². The van der Waals surface area contributed by atoms with E-state index < -0.39 is 26.3 Å². The number of halogens is 1. The molecule has 0 bridgehead atoms. The van der Waals surface area contributed by atoms with Crippen LogP contribution in [-0.4, -0.2) is 17.7 Å². The lowest BCUT2D eigenvalue weighted by atomic mass is 10.1. The summed E-state index contributed by atoms with van der Waals surface area (Å²) in [6.07, 6.45) is 1.43. The Morgan fingerprint density at radius 1 is 1.03 bits per heavy atom. The summed E-state index contributed by atoms with van der Waals surface area (Å²) in [5, 5.41) is 0.783. The van der Waals surface area contributed by atoms with Crippen LogP contribution in [0.4, 0.5) is 4.39 Å². The van der Waals surface area contributed by atoms with Crippen LogP contribution in [0.2, 0.25) is 0 Å². The SMILES string of the molecule is Cc1cccc2cc(CN(Cc3ccco3)S(=O)(=O)c3ccccc3F)c(=O)[nH]c12. The van der Waals surface area contributed by atoms with Gasteiger partial charge in [0.25, 0.3) is 5.56 Å². The lowest BCUT2D eigenvalue weighted by Crippen LogP contribution is -2.33. The first-order chi connectivity index (χ1) is 14.4. The number of hydrogen-bond donors (Lipinski definition) is 1. The second-order valence-electron chi connectivity index (χ2n) is 6.95. The molecule has 2 aromatic heterocycles. The monoisotopic (exact) mass is 426 g/mol. The van der Waals surface area contributed by atoms with Crippen LogP contribution >= 0.6 is 0 Å². The molecule has 2 heterocycles. The van der Waals surface area contributed by atoms with Crippen molar-refractivity contribution in [3.8, 4) is 0 Å². The van der Waals surface area contributed by atoms with Crippen LogP contribution in [0.3, 0.4) is 0 Å². The van der Waals surface area contributed by atoms with Crippen molar-refractivity contribution in [3.05, 3.63) is 100.0 Å². The molecule has 0 unspecified atom stereocenters. The Kier molecular flexibility index (Phi) is 5.27. The number of aryl methyl sites for hydroxylation is 1. The number of hydrogen-bond acceptors (Lipinski definition) is 4. The number of pyridine rings is 1. The van der Waals surface area contributed by atoms with Gasteiger partial charge in [-0.15, -0.1) is 0 Å². The molecule has 0 amide bonds. The van der Waals surface area contributed by atoms with Gasteiger partial charge in [0.1, 0.15) is 16.5 Å². The average Bonchev–Trinajstić information content (AvgIpc) is 3.22. The summed E-state index contributed by atoms with van der Waals surface area (Å²) in [6, 6.07) is 15.6. The van der Waals surface area contributed by atoms with Gasteiger partial charge in [0.05, 0.1) is 18.3 Å². The molecule has 0 radical (unpaired) electrons. The second-order valence-corrected chi connectivity index (χ2v) is 8.85. The van der Waals surface area contributed by atoms with E-state index in [1.807, 2.05) is 25.1 Å². The Hall–Kier alpha value is -3.23. The zero-order chi connectivity index (χ0) is 21.3. The first-order valence-electron chi connectivity index (χ1n) is 9.25. The van der Waals surface area contributed by atoms with Crippen molar-refractivity contribution in [1.29, 1.82) is 0 Å². The number of sulfonamides is 1. The van der Waals surface area contributed by atoms with Crippen LogP contribution in [0.25, 0.3) is 10.9 Å². The van der Waals surface area contributed by atoms with E-state index in [1.54, 1.807) is 18.2 Å². The number of aromatic amines is 1. The number of rotatable bonds is 6. The molecule has 0 atom stereocenters. The second kappa shape index (κ2) is 7.89. The number of furan rings is 1. The average molecular weight is 426 g/mol. The van der Waals surface area contributed by atoms with E-state index in [4.69, 9.17) is 4.42 Å². The Labute approximate surface area is 172 Å². The minimum atomic E-state index is -4.24. The maximum atomic E-state index is 14.3. The number of benzene rings is 2. The minimum Gasteiger partial charge on any atom is -0.468 e. The van der Waals surface area contributed by atoms with Gasteiger partial charge >= 0.3 is 0 Å². The van der Waals surface area contributed by atoms with Crippen LogP contribution in [0.5, 0.6) is 0 Å². The van der Waals surface area contributed by atoms with Crippen LogP contribution < -0.4 is 5.56 Å². The molecule has 1 N–H and O–H groups in total. The molecule has 0 spiro atoms. The molecule has 4 aromatic rings. The largest absolute Gasteiger partial charge is 0.468 e. The third-order valence-corrected chi connectivity index (χ3v) is 6.70. The molecule has 0 fully saturated rings. The third-order valence-electron chi connectivity index (χ3n) is 4.88. The summed E-state index contributed by atoms with van der Waals surface area (Å²) < 4.78 is 47.1. The highest BCUT2D eigenvalue weighted by atomic mass is 32.2. The van der Waals surface area contributed by atoms with E-state index >= 15 is 0 Å². The van der Waals surface area contributed by atoms with Crippen molar-refractivity contribution in [1.82, 2.24) is 9.29 Å². The van der Waals surface area contributed by atoms with Gasteiger partial charge in [0, 0.05) is 12.1 Å². The summed E-state index contributed by atoms with van der Waals surface area (Å²) >= 11 is 0. The maximum Gasteiger partial charge on any atom is 0.252 e. The molecule has 0 aliphatic carbocycles. The smallest absolute Gasteiger partial charge is 0.252 e. The van der Waals surface area contributed by atoms with E-state index in [0.29, 0.717) is 11.3 Å². The Morgan fingerprint density at radius 2 is 1.83 bits per heavy atom. The number of H-pyrrole nitrogens is 1. The van der Waals surface area contributed by atoms with Crippen molar-refractivity contribution < 1.29 is 17.2 Å². The zero-order valence-corrected chi connectivity index (χ0v) is 16.9. The number of nitrogens with zero attached hydrogens (tertiary/aromatic N) is 1.